The second-order valence-corrected chi connectivity index (χ2v) is 4.94. The highest BCUT2D eigenvalue weighted by Gasteiger charge is 2.16. The van der Waals surface area contributed by atoms with Crippen molar-refractivity contribution in [3.8, 4) is 0 Å². The molecule has 0 aliphatic carbocycles. The fourth-order valence-corrected chi connectivity index (χ4v) is 2.61. The molecule has 0 spiro atoms. The fraction of sp³-hybridized carbons (Fsp3) is 0.294. The van der Waals surface area contributed by atoms with Gasteiger partial charge in [0.25, 0.3) is 0 Å². The van der Waals surface area contributed by atoms with E-state index in [1.54, 1.807) is 0 Å². The summed E-state index contributed by atoms with van der Waals surface area (Å²) in [6.45, 7) is 6.51. The van der Waals surface area contributed by atoms with Crippen LogP contribution in [0.25, 0.3) is 0 Å². The van der Waals surface area contributed by atoms with E-state index >= 15 is 0 Å². The lowest BCUT2D eigenvalue weighted by molar-refractivity contribution is 0.682. The third kappa shape index (κ3) is 2.46. The Balaban J connectivity index is 2.52. The Morgan fingerprint density at radius 1 is 0.889 bits per heavy atom. The molecule has 0 aromatic heterocycles. The van der Waals surface area contributed by atoms with Crippen molar-refractivity contribution in [3.05, 3.63) is 70.3 Å². The van der Waals surface area contributed by atoms with Crippen LogP contribution in [0.2, 0.25) is 0 Å². The van der Waals surface area contributed by atoms with Crippen LogP contribution in [0.3, 0.4) is 0 Å². The molecule has 2 aromatic rings. The Kier molecular flexibility index (Phi) is 3.83. The quantitative estimate of drug-likeness (QED) is 0.856. The van der Waals surface area contributed by atoms with Crippen LogP contribution >= 0.6 is 0 Å². The zero-order valence-electron chi connectivity index (χ0n) is 11.6. The largest absolute Gasteiger partial charge is 0.309 e. The molecule has 0 aliphatic heterocycles. The monoisotopic (exact) mass is 239 g/mol. The number of hydrogen-bond acceptors (Lipinski definition) is 1. The van der Waals surface area contributed by atoms with Crippen LogP contribution in [0.15, 0.2) is 42.5 Å². The molecule has 1 nitrogen and oxygen atoms in total. The van der Waals surface area contributed by atoms with Gasteiger partial charge in [-0.15, -0.1) is 0 Å². The normalized spacial score (nSPS) is 12.4. The summed E-state index contributed by atoms with van der Waals surface area (Å²) in [5.41, 5.74) is 6.71. The maximum atomic E-state index is 3.44. The number of nitrogens with one attached hydrogen (secondary N) is 1. The van der Waals surface area contributed by atoms with Crippen molar-refractivity contribution in [1.82, 2.24) is 5.32 Å². The van der Waals surface area contributed by atoms with Gasteiger partial charge in [0.05, 0.1) is 6.04 Å². The minimum atomic E-state index is 0.270. The van der Waals surface area contributed by atoms with E-state index in [4.69, 9.17) is 0 Å². The molecule has 94 valence electrons. The van der Waals surface area contributed by atoms with Crippen molar-refractivity contribution < 1.29 is 0 Å². The zero-order chi connectivity index (χ0) is 13.1. The van der Waals surface area contributed by atoms with Gasteiger partial charge in [0.1, 0.15) is 0 Å². The van der Waals surface area contributed by atoms with Crippen molar-refractivity contribution in [2.75, 3.05) is 7.05 Å². The fourth-order valence-electron chi connectivity index (χ4n) is 2.61. The lowest BCUT2D eigenvalue weighted by Crippen LogP contribution is -2.19. The SMILES string of the molecule is CNC(c1cccc(C)c1)c1c(C)cccc1C. The molecule has 0 saturated heterocycles. The molecule has 18 heavy (non-hydrogen) atoms. The summed E-state index contributed by atoms with van der Waals surface area (Å²) in [7, 11) is 2.03. The molecule has 0 radical (unpaired) electrons. The number of aryl methyl sites for hydroxylation is 3. The first-order valence-electron chi connectivity index (χ1n) is 6.43. The van der Waals surface area contributed by atoms with Gasteiger partial charge in [-0.2, -0.15) is 0 Å². The molecule has 0 amide bonds. The summed E-state index contributed by atoms with van der Waals surface area (Å²) in [6, 6.07) is 15.5. The first-order valence-corrected chi connectivity index (χ1v) is 6.43. The van der Waals surface area contributed by atoms with E-state index in [2.05, 4.69) is 68.6 Å². The van der Waals surface area contributed by atoms with E-state index in [0.29, 0.717) is 0 Å². The number of benzene rings is 2. The molecule has 0 heterocycles. The van der Waals surface area contributed by atoms with Gasteiger partial charge < -0.3 is 5.32 Å². The molecule has 1 atom stereocenters. The van der Waals surface area contributed by atoms with Crippen LogP contribution in [0.5, 0.6) is 0 Å². The second-order valence-electron chi connectivity index (χ2n) is 4.94. The highest BCUT2D eigenvalue weighted by Crippen LogP contribution is 2.27. The van der Waals surface area contributed by atoms with E-state index in [-0.39, 0.29) is 6.04 Å². The van der Waals surface area contributed by atoms with Gasteiger partial charge in [-0.1, -0.05) is 48.0 Å². The summed E-state index contributed by atoms with van der Waals surface area (Å²) < 4.78 is 0. The highest BCUT2D eigenvalue weighted by atomic mass is 14.9. The maximum Gasteiger partial charge on any atom is 0.0579 e. The Hall–Kier alpha value is -1.60. The molecule has 1 N–H and O–H groups in total. The third-order valence-corrected chi connectivity index (χ3v) is 3.49. The first kappa shape index (κ1) is 12.8. The van der Waals surface area contributed by atoms with Crippen LogP contribution in [-0.2, 0) is 0 Å². The van der Waals surface area contributed by atoms with E-state index in [0.717, 1.165) is 0 Å². The lowest BCUT2D eigenvalue weighted by Gasteiger charge is -2.22. The van der Waals surface area contributed by atoms with Crippen molar-refractivity contribution >= 4 is 0 Å². The molecule has 2 aromatic carbocycles. The molecule has 2 rings (SSSR count). The van der Waals surface area contributed by atoms with Crippen LogP contribution in [0.1, 0.15) is 33.9 Å². The van der Waals surface area contributed by atoms with E-state index in [1.807, 2.05) is 7.05 Å². The first-order chi connectivity index (χ1) is 8.63. The topological polar surface area (TPSA) is 12.0 Å². The maximum absolute atomic E-state index is 3.44. The smallest absolute Gasteiger partial charge is 0.0579 e. The minimum Gasteiger partial charge on any atom is -0.309 e. The van der Waals surface area contributed by atoms with Crippen molar-refractivity contribution in [1.29, 1.82) is 0 Å². The van der Waals surface area contributed by atoms with E-state index in [9.17, 15) is 0 Å². The van der Waals surface area contributed by atoms with E-state index < -0.39 is 0 Å². The van der Waals surface area contributed by atoms with Crippen molar-refractivity contribution in [3.63, 3.8) is 0 Å². The van der Waals surface area contributed by atoms with Crippen LogP contribution in [0, 0.1) is 20.8 Å². The second kappa shape index (κ2) is 5.36. The predicted molar refractivity (Wildman–Crippen MR) is 78.0 cm³/mol. The van der Waals surface area contributed by atoms with Crippen molar-refractivity contribution in [2.24, 2.45) is 0 Å². The summed E-state index contributed by atoms with van der Waals surface area (Å²) >= 11 is 0. The molecule has 1 unspecified atom stereocenters. The van der Waals surface area contributed by atoms with Gasteiger partial charge in [0.15, 0.2) is 0 Å². The number of rotatable bonds is 3. The minimum absolute atomic E-state index is 0.270. The Bertz CT molecular complexity index is 523. The summed E-state index contributed by atoms with van der Waals surface area (Å²) in [6.07, 6.45) is 0. The Morgan fingerprint density at radius 2 is 1.50 bits per heavy atom. The van der Waals surface area contributed by atoms with Gasteiger partial charge in [0, 0.05) is 0 Å². The molecule has 0 aliphatic rings. The summed E-state index contributed by atoms with van der Waals surface area (Å²) in [5.74, 6) is 0. The van der Waals surface area contributed by atoms with Gasteiger partial charge in [0.2, 0.25) is 0 Å². The van der Waals surface area contributed by atoms with Gasteiger partial charge in [-0.05, 0) is 50.1 Å². The average Bonchev–Trinajstić information content (AvgIpc) is 2.34. The molecule has 0 bridgehead atoms. The van der Waals surface area contributed by atoms with Crippen molar-refractivity contribution in [2.45, 2.75) is 26.8 Å². The summed E-state index contributed by atoms with van der Waals surface area (Å²) in [5, 5.41) is 3.44. The van der Waals surface area contributed by atoms with E-state index in [1.165, 1.54) is 27.8 Å². The molecule has 1 heteroatoms. The summed E-state index contributed by atoms with van der Waals surface area (Å²) in [4.78, 5) is 0. The third-order valence-electron chi connectivity index (χ3n) is 3.49. The van der Waals surface area contributed by atoms with Crippen LogP contribution in [-0.4, -0.2) is 7.05 Å². The van der Waals surface area contributed by atoms with Crippen LogP contribution in [0.4, 0.5) is 0 Å². The average molecular weight is 239 g/mol. The molecule has 0 fully saturated rings. The molecular weight excluding hydrogens is 218 g/mol. The highest BCUT2D eigenvalue weighted by molar-refractivity contribution is 5.42. The molecular formula is C17H21N. The van der Waals surface area contributed by atoms with Gasteiger partial charge in [-0.3, -0.25) is 0 Å². The van der Waals surface area contributed by atoms with Crippen LogP contribution < -0.4 is 5.32 Å². The number of hydrogen-bond donors (Lipinski definition) is 1. The molecule has 0 saturated carbocycles. The lowest BCUT2D eigenvalue weighted by atomic mass is 9.91. The Morgan fingerprint density at radius 3 is 2.06 bits per heavy atom. The predicted octanol–water partition coefficient (Wildman–Crippen LogP) is 3.92. The zero-order valence-corrected chi connectivity index (χ0v) is 11.6. The van der Waals surface area contributed by atoms with Gasteiger partial charge >= 0.3 is 0 Å². The standard InChI is InChI=1S/C17H21N/c1-12-7-5-10-15(11-12)17(18-4)16-13(2)8-6-9-14(16)3/h5-11,17-18H,1-4H3. The Labute approximate surface area is 110 Å². The van der Waals surface area contributed by atoms with Gasteiger partial charge in [-0.25, -0.2) is 0 Å².